The number of ether oxygens (including phenoxy) is 2. The van der Waals surface area contributed by atoms with Gasteiger partial charge in [-0.05, 0) is 45.6 Å². The third-order valence-electron chi connectivity index (χ3n) is 5.06. The van der Waals surface area contributed by atoms with E-state index in [9.17, 15) is 9.59 Å². The summed E-state index contributed by atoms with van der Waals surface area (Å²) in [6.45, 7) is 5.90. The van der Waals surface area contributed by atoms with E-state index in [1.54, 1.807) is 11.9 Å². The van der Waals surface area contributed by atoms with Crippen molar-refractivity contribution in [2.75, 3.05) is 7.05 Å². The molecule has 1 aromatic carbocycles. The van der Waals surface area contributed by atoms with Crippen LogP contribution < -0.4 is 0 Å². The smallest absolute Gasteiger partial charge is 0.410 e. The van der Waals surface area contributed by atoms with Gasteiger partial charge < -0.3 is 19.3 Å². The van der Waals surface area contributed by atoms with Crippen LogP contribution in [0.2, 0.25) is 0 Å². The Labute approximate surface area is 155 Å². The van der Waals surface area contributed by atoms with Crippen LogP contribution in [-0.2, 0) is 16.1 Å². The molecule has 3 fully saturated rings. The van der Waals surface area contributed by atoms with Gasteiger partial charge in [-0.3, -0.25) is 0 Å². The summed E-state index contributed by atoms with van der Waals surface area (Å²) in [6.07, 6.45) is 1.97. The fraction of sp³-hybridized carbons (Fsp3) is 0.600. The van der Waals surface area contributed by atoms with Crippen molar-refractivity contribution in [3.63, 3.8) is 0 Å². The summed E-state index contributed by atoms with van der Waals surface area (Å²) in [5, 5.41) is 0. The first-order valence-electron chi connectivity index (χ1n) is 9.19. The number of carbonyl (C=O) groups excluding carboxylic acids is 2. The van der Waals surface area contributed by atoms with Crippen LogP contribution in [0.1, 0.15) is 45.6 Å². The minimum Gasteiger partial charge on any atom is -0.445 e. The molecule has 2 saturated heterocycles. The Morgan fingerprint density at radius 3 is 2.31 bits per heavy atom. The minimum absolute atomic E-state index is 0.0979. The molecule has 142 valence electrons. The summed E-state index contributed by atoms with van der Waals surface area (Å²) in [4.78, 5) is 28.2. The summed E-state index contributed by atoms with van der Waals surface area (Å²) in [6, 6.07) is 10.0. The molecule has 2 bridgehead atoms. The Hall–Kier alpha value is -2.24. The molecule has 2 unspecified atom stereocenters. The highest BCUT2D eigenvalue weighted by Gasteiger charge is 2.50. The normalized spacial score (nSPS) is 24.5. The molecule has 2 amide bonds. The Kier molecular flexibility index (Phi) is 5.12. The van der Waals surface area contributed by atoms with Crippen LogP contribution in [0, 0.1) is 0 Å². The van der Waals surface area contributed by atoms with Crippen LogP contribution in [0.4, 0.5) is 9.59 Å². The molecule has 4 rings (SSSR count). The Morgan fingerprint density at radius 1 is 1.12 bits per heavy atom. The number of nitrogens with zero attached hydrogens (tertiary/aromatic N) is 2. The monoisotopic (exact) mass is 360 g/mol. The van der Waals surface area contributed by atoms with Gasteiger partial charge in [-0.1, -0.05) is 30.3 Å². The summed E-state index contributed by atoms with van der Waals surface area (Å²) >= 11 is 0. The molecular formula is C20H28N2O4. The standard InChI is InChI=1S/C20H28N2O4/c1-20(2,3)26-19(24)22-16-10-15(11-17(22)12-16)21(4)18(23)25-13-14-8-6-5-7-9-14/h5-9,15-17H,10-13H2,1-4H3/t15?,16-,17?/m1/s1. The van der Waals surface area contributed by atoms with Crippen molar-refractivity contribution >= 4 is 12.2 Å². The van der Waals surface area contributed by atoms with Gasteiger partial charge in [0.15, 0.2) is 0 Å². The van der Waals surface area contributed by atoms with Crippen LogP contribution >= 0.6 is 0 Å². The maximum atomic E-state index is 12.3. The molecule has 1 saturated carbocycles. The third kappa shape index (κ3) is 4.11. The first-order chi connectivity index (χ1) is 12.2. The summed E-state index contributed by atoms with van der Waals surface area (Å²) in [5.41, 5.74) is 0.482. The van der Waals surface area contributed by atoms with E-state index < -0.39 is 5.60 Å². The Bertz CT molecular complexity index is 644. The summed E-state index contributed by atoms with van der Waals surface area (Å²) in [7, 11) is 1.78. The van der Waals surface area contributed by atoms with Crippen molar-refractivity contribution in [3.8, 4) is 0 Å². The number of hydrogen-bond donors (Lipinski definition) is 0. The first-order valence-corrected chi connectivity index (χ1v) is 9.19. The number of carbonyl (C=O) groups is 2. The van der Waals surface area contributed by atoms with E-state index in [0.29, 0.717) is 0 Å². The number of fused-ring (bicyclic) bond motifs is 2. The molecule has 0 aromatic heterocycles. The lowest BCUT2D eigenvalue weighted by atomic mass is 9.77. The van der Waals surface area contributed by atoms with E-state index >= 15 is 0 Å². The second kappa shape index (κ2) is 7.17. The molecule has 3 atom stereocenters. The van der Waals surface area contributed by atoms with E-state index in [1.165, 1.54) is 0 Å². The van der Waals surface area contributed by atoms with Crippen molar-refractivity contribution in [1.82, 2.24) is 9.80 Å². The fourth-order valence-electron chi connectivity index (χ4n) is 3.74. The summed E-state index contributed by atoms with van der Waals surface area (Å²) < 4.78 is 10.9. The molecule has 1 aromatic rings. The van der Waals surface area contributed by atoms with Gasteiger partial charge in [0.2, 0.25) is 0 Å². The van der Waals surface area contributed by atoms with Gasteiger partial charge in [-0.2, -0.15) is 0 Å². The number of rotatable bonds is 3. The van der Waals surface area contributed by atoms with Gasteiger partial charge in [0.1, 0.15) is 12.2 Å². The predicted molar refractivity (Wildman–Crippen MR) is 97.7 cm³/mol. The molecule has 6 heteroatoms. The van der Waals surface area contributed by atoms with Crippen LogP contribution in [0.3, 0.4) is 0 Å². The van der Waals surface area contributed by atoms with E-state index in [4.69, 9.17) is 9.47 Å². The highest BCUT2D eigenvalue weighted by molar-refractivity contribution is 5.71. The van der Waals surface area contributed by atoms with E-state index in [1.807, 2.05) is 56.0 Å². The summed E-state index contributed by atoms with van der Waals surface area (Å²) in [5.74, 6) is 0. The molecule has 2 aliphatic heterocycles. The second-order valence-corrected chi connectivity index (χ2v) is 8.21. The molecule has 6 nitrogen and oxygen atoms in total. The van der Waals surface area contributed by atoms with E-state index in [-0.39, 0.29) is 36.9 Å². The maximum Gasteiger partial charge on any atom is 0.410 e. The third-order valence-corrected chi connectivity index (χ3v) is 5.06. The number of hydrogen-bond acceptors (Lipinski definition) is 4. The lowest BCUT2D eigenvalue weighted by molar-refractivity contribution is -0.0698. The van der Waals surface area contributed by atoms with Gasteiger partial charge in [0, 0.05) is 25.2 Å². The van der Waals surface area contributed by atoms with Crippen LogP contribution in [0.15, 0.2) is 30.3 Å². The Balaban J connectivity index is 1.50. The number of benzene rings is 1. The van der Waals surface area contributed by atoms with Gasteiger partial charge in [0.25, 0.3) is 0 Å². The maximum absolute atomic E-state index is 12.3. The SMILES string of the molecule is CN(C(=O)OCc1ccccc1)C1CC2C[C@@H](C1)N2C(=O)OC(C)(C)C. The lowest BCUT2D eigenvalue weighted by Crippen LogP contribution is -2.66. The fourth-order valence-corrected chi connectivity index (χ4v) is 3.74. The molecule has 26 heavy (non-hydrogen) atoms. The zero-order valence-electron chi connectivity index (χ0n) is 16.0. The zero-order chi connectivity index (χ0) is 18.9. The van der Waals surface area contributed by atoms with Gasteiger partial charge in [-0.15, -0.1) is 0 Å². The second-order valence-electron chi connectivity index (χ2n) is 8.21. The highest BCUT2D eigenvalue weighted by Crippen LogP contribution is 2.40. The van der Waals surface area contributed by atoms with Gasteiger partial charge in [0.05, 0.1) is 0 Å². The molecule has 3 aliphatic rings. The zero-order valence-corrected chi connectivity index (χ0v) is 16.0. The van der Waals surface area contributed by atoms with Crippen molar-refractivity contribution in [2.24, 2.45) is 0 Å². The average molecular weight is 360 g/mol. The first kappa shape index (κ1) is 18.5. The van der Waals surface area contributed by atoms with Gasteiger partial charge >= 0.3 is 12.2 Å². The minimum atomic E-state index is -0.488. The van der Waals surface area contributed by atoms with Crippen molar-refractivity contribution in [2.45, 2.75) is 70.4 Å². The van der Waals surface area contributed by atoms with E-state index in [2.05, 4.69) is 0 Å². The average Bonchev–Trinajstić information content (AvgIpc) is 2.58. The van der Waals surface area contributed by atoms with Crippen LogP contribution in [0.25, 0.3) is 0 Å². The highest BCUT2D eigenvalue weighted by atomic mass is 16.6. The van der Waals surface area contributed by atoms with E-state index in [0.717, 1.165) is 24.8 Å². The molecule has 0 radical (unpaired) electrons. The molecule has 0 N–H and O–H groups in total. The van der Waals surface area contributed by atoms with Crippen molar-refractivity contribution in [1.29, 1.82) is 0 Å². The van der Waals surface area contributed by atoms with Crippen molar-refractivity contribution < 1.29 is 19.1 Å². The van der Waals surface area contributed by atoms with Gasteiger partial charge in [-0.25, -0.2) is 9.59 Å². The molecule has 1 aliphatic carbocycles. The van der Waals surface area contributed by atoms with Crippen molar-refractivity contribution in [3.05, 3.63) is 35.9 Å². The number of piperidine rings is 1. The topological polar surface area (TPSA) is 59.1 Å². The number of amides is 2. The quantitative estimate of drug-likeness (QED) is 0.823. The molecular weight excluding hydrogens is 332 g/mol. The lowest BCUT2D eigenvalue weighted by Gasteiger charge is -2.55. The largest absolute Gasteiger partial charge is 0.445 e. The predicted octanol–water partition coefficient (Wildman–Crippen LogP) is 3.80. The molecule has 2 heterocycles. The Morgan fingerprint density at radius 2 is 1.73 bits per heavy atom. The van der Waals surface area contributed by atoms with Crippen LogP contribution in [0.5, 0.6) is 0 Å². The van der Waals surface area contributed by atoms with Crippen LogP contribution in [-0.4, -0.2) is 52.8 Å². The molecule has 0 spiro atoms.